The highest BCUT2D eigenvalue weighted by molar-refractivity contribution is 9.10. The topological polar surface area (TPSA) is 78.8 Å². The van der Waals surface area contributed by atoms with Crippen LogP contribution in [0.2, 0.25) is 0 Å². The van der Waals surface area contributed by atoms with Crippen LogP contribution in [-0.4, -0.2) is 27.1 Å². The Bertz CT molecular complexity index is 1210. The Morgan fingerprint density at radius 3 is 2.42 bits per heavy atom. The van der Waals surface area contributed by atoms with Gasteiger partial charge in [-0.2, -0.15) is 5.10 Å². The fraction of sp³-hybridized carbons (Fsp3) is 0.130. The molecule has 1 N–H and O–H groups in total. The molecular formula is C23H22BrN3O3S. The summed E-state index contributed by atoms with van der Waals surface area (Å²) in [7, 11) is -3.95. The zero-order chi connectivity index (χ0) is 22.4. The minimum absolute atomic E-state index is 0.110. The third kappa shape index (κ3) is 5.80. The molecule has 0 aliphatic heterocycles. The van der Waals surface area contributed by atoms with E-state index in [1.807, 2.05) is 44.2 Å². The molecule has 0 radical (unpaired) electrons. The number of amides is 1. The molecule has 0 heterocycles. The third-order valence-electron chi connectivity index (χ3n) is 4.65. The number of hydrazone groups is 1. The van der Waals surface area contributed by atoms with Crippen molar-refractivity contribution in [3.63, 3.8) is 0 Å². The summed E-state index contributed by atoms with van der Waals surface area (Å²) in [5.74, 6) is -0.552. The first-order valence-corrected chi connectivity index (χ1v) is 11.7. The average Bonchev–Trinajstić information content (AvgIpc) is 2.75. The first-order valence-electron chi connectivity index (χ1n) is 9.50. The highest BCUT2D eigenvalue weighted by Gasteiger charge is 2.27. The van der Waals surface area contributed by atoms with Gasteiger partial charge in [-0.15, -0.1) is 0 Å². The summed E-state index contributed by atoms with van der Waals surface area (Å²) in [4.78, 5) is 12.7. The van der Waals surface area contributed by atoms with Crippen molar-refractivity contribution in [2.75, 3.05) is 10.8 Å². The lowest BCUT2D eigenvalue weighted by molar-refractivity contribution is -0.119. The Hall–Kier alpha value is -2.97. The highest BCUT2D eigenvalue weighted by Crippen LogP contribution is 2.25. The minimum atomic E-state index is -3.95. The van der Waals surface area contributed by atoms with Crippen molar-refractivity contribution in [1.82, 2.24) is 5.43 Å². The van der Waals surface area contributed by atoms with Crippen LogP contribution < -0.4 is 9.73 Å². The number of anilines is 1. The molecule has 0 unspecified atom stereocenters. The molecule has 0 spiro atoms. The second-order valence-electron chi connectivity index (χ2n) is 6.94. The number of aryl methyl sites for hydroxylation is 2. The SMILES string of the molecule is Cc1ccc(N(CC(=O)N/N=C\c2cccc(Br)c2)S(=O)(=O)c2ccccc2)cc1C. The fourth-order valence-electron chi connectivity index (χ4n) is 2.85. The van der Waals surface area contributed by atoms with Crippen molar-refractivity contribution in [1.29, 1.82) is 0 Å². The number of nitrogens with one attached hydrogen (secondary N) is 1. The van der Waals surface area contributed by atoms with Gasteiger partial charge >= 0.3 is 0 Å². The van der Waals surface area contributed by atoms with E-state index in [4.69, 9.17) is 0 Å². The maximum Gasteiger partial charge on any atom is 0.264 e. The molecule has 0 bridgehead atoms. The largest absolute Gasteiger partial charge is 0.271 e. The molecule has 0 saturated carbocycles. The predicted molar refractivity (Wildman–Crippen MR) is 127 cm³/mol. The van der Waals surface area contributed by atoms with Crippen LogP contribution in [0.1, 0.15) is 16.7 Å². The van der Waals surface area contributed by atoms with E-state index in [0.29, 0.717) is 5.69 Å². The number of hydrogen-bond acceptors (Lipinski definition) is 4. The Labute approximate surface area is 190 Å². The van der Waals surface area contributed by atoms with Crippen molar-refractivity contribution in [3.8, 4) is 0 Å². The minimum Gasteiger partial charge on any atom is -0.271 e. The lowest BCUT2D eigenvalue weighted by Crippen LogP contribution is -2.39. The monoisotopic (exact) mass is 499 g/mol. The standard InChI is InChI=1S/C23H22BrN3O3S/c1-17-11-12-21(13-18(17)2)27(31(29,30)22-9-4-3-5-10-22)16-23(28)26-25-15-19-7-6-8-20(24)14-19/h3-15H,16H2,1-2H3,(H,26,28)/b25-15-. The smallest absolute Gasteiger partial charge is 0.264 e. The molecule has 8 heteroatoms. The van der Waals surface area contributed by atoms with Crippen LogP contribution >= 0.6 is 15.9 Å². The Kier molecular flexibility index (Phi) is 7.25. The lowest BCUT2D eigenvalue weighted by Gasteiger charge is -2.24. The van der Waals surface area contributed by atoms with E-state index in [0.717, 1.165) is 25.5 Å². The Balaban J connectivity index is 1.86. The molecule has 160 valence electrons. The van der Waals surface area contributed by atoms with E-state index in [1.54, 1.807) is 30.3 Å². The Morgan fingerprint density at radius 1 is 1.00 bits per heavy atom. The number of rotatable bonds is 7. The second kappa shape index (κ2) is 9.89. The summed E-state index contributed by atoms with van der Waals surface area (Å²) in [6.45, 7) is 3.43. The molecule has 0 aliphatic carbocycles. The molecule has 0 fully saturated rings. The number of benzene rings is 3. The van der Waals surface area contributed by atoms with Gasteiger partial charge in [0.25, 0.3) is 15.9 Å². The molecular weight excluding hydrogens is 478 g/mol. The molecule has 6 nitrogen and oxygen atoms in total. The maximum absolute atomic E-state index is 13.3. The molecule has 31 heavy (non-hydrogen) atoms. The van der Waals surface area contributed by atoms with Gasteiger partial charge in [0.1, 0.15) is 6.54 Å². The summed E-state index contributed by atoms with van der Waals surface area (Å²) >= 11 is 3.37. The van der Waals surface area contributed by atoms with Gasteiger partial charge in [0, 0.05) is 4.47 Å². The normalized spacial score (nSPS) is 11.5. The first-order chi connectivity index (χ1) is 14.8. The van der Waals surface area contributed by atoms with Gasteiger partial charge in [0.15, 0.2) is 0 Å². The highest BCUT2D eigenvalue weighted by atomic mass is 79.9. The fourth-order valence-corrected chi connectivity index (χ4v) is 4.70. The molecule has 1 amide bonds. The van der Waals surface area contributed by atoms with E-state index in [9.17, 15) is 13.2 Å². The van der Waals surface area contributed by atoms with Crippen LogP contribution in [0.4, 0.5) is 5.69 Å². The average molecular weight is 500 g/mol. The molecule has 0 atom stereocenters. The van der Waals surface area contributed by atoms with Gasteiger partial charge in [-0.25, -0.2) is 13.8 Å². The summed E-state index contributed by atoms with van der Waals surface area (Å²) in [6.07, 6.45) is 1.49. The zero-order valence-corrected chi connectivity index (χ0v) is 19.5. The number of hydrogen-bond donors (Lipinski definition) is 1. The molecule has 3 rings (SSSR count). The van der Waals surface area contributed by atoms with Gasteiger partial charge in [-0.1, -0.05) is 52.3 Å². The van der Waals surface area contributed by atoms with Crippen LogP contribution in [0.5, 0.6) is 0 Å². The third-order valence-corrected chi connectivity index (χ3v) is 6.93. The number of sulfonamides is 1. The van der Waals surface area contributed by atoms with E-state index < -0.39 is 22.5 Å². The number of carbonyl (C=O) groups is 1. The van der Waals surface area contributed by atoms with Crippen LogP contribution in [0.3, 0.4) is 0 Å². The van der Waals surface area contributed by atoms with E-state index in [1.165, 1.54) is 18.3 Å². The van der Waals surface area contributed by atoms with Crippen LogP contribution in [0.25, 0.3) is 0 Å². The van der Waals surface area contributed by atoms with Gasteiger partial charge in [0.05, 0.1) is 16.8 Å². The van der Waals surface area contributed by atoms with Crippen molar-refractivity contribution in [3.05, 3.63) is 94.0 Å². The predicted octanol–water partition coefficient (Wildman–Crippen LogP) is 4.41. The van der Waals surface area contributed by atoms with E-state index in [2.05, 4.69) is 26.5 Å². The quantitative estimate of drug-likeness (QED) is 0.386. The Morgan fingerprint density at radius 2 is 1.74 bits per heavy atom. The van der Waals surface area contributed by atoms with Gasteiger partial charge in [-0.3, -0.25) is 9.10 Å². The summed E-state index contributed by atoms with van der Waals surface area (Å²) in [5.41, 5.74) is 5.57. The zero-order valence-electron chi connectivity index (χ0n) is 17.1. The number of nitrogens with zero attached hydrogens (tertiary/aromatic N) is 2. The summed E-state index contributed by atoms with van der Waals surface area (Å²) < 4.78 is 28.6. The van der Waals surface area contributed by atoms with Crippen LogP contribution in [-0.2, 0) is 14.8 Å². The number of carbonyl (C=O) groups excluding carboxylic acids is 1. The summed E-state index contributed by atoms with van der Waals surface area (Å²) in [6, 6.07) is 20.7. The van der Waals surface area contributed by atoms with Gasteiger partial charge < -0.3 is 0 Å². The maximum atomic E-state index is 13.3. The van der Waals surface area contributed by atoms with Crippen LogP contribution in [0, 0.1) is 13.8 Å². The molecule has 3 aromatic rings. The molecule has 3 aromatic carbocycles. The second-order valence-corrected chi connectivity index (χ2v) is 9.72. The first kappa shape index (κ1) is 22.7. The molecule has 0 aliphatic rings. The van der Waals surface area contributed by atoms with Crippen molar-refractivity contribution in [2.24, 2.45) is 5.10 Å². The van der Waals surface area contributed by atoms with Gasteiger partial charge in [-0.05, 0) is 66.9 Å². The van der Waals surface area contributed by atoms with Crippen molar-refractivity contribution in [2.45, 2.75) is 18.7 Å². The van der Waals surface area contributed by atoms with Crippen molar-refractivity contribution >= 4 is 43.8 Å². The van der Waals surface area contributed by atoms with Gasteiger partial charge in [0.2, 0.25) is 0 Å². The number of halogens is 1. The van der Waals surface area contributed by atoms with Crippen molar-refractivity contribution < 1.29 is 13.2 Å². The van der Waals surface area contributed by atoms with E-state index in [-0.39, 0.29) is 4.90 Å². The summed E-state index contributed by atoms with van der Waals surface area (Å²) in [5, 5.41) is 3.95. The van der Waals surface area contributed by atoms with E-state index >= 15 is 0 Å². The molecule has 0 aromatic heterocycles. The molecule has 0 saturated heterocycles. The van der Waals surface area contributed by atoms with Crippen LogP contribution in [0.15, 0.2) is 87.3 Å². The lowest BCUT2D eigenvalue weighted by atomic mass is 10.1.